The minimum Gasteiger partial charge on any atom is -0.356 e. The number of hydrogen-bond acceptors (Lipinski definition) is 6. The van der Waals surface area contributed by atoms with Crippen LogP contribution in [0.15, 0.2) is 47.4 Å². The third kappa shape index (κ3) is 4.38. The van der Waals surface area contributed by atoms with Crippen molar-refractivity contribution in [3.8, 4) is 0 Å². The van der Waals surface area contributed by atoms with Crippen LogP contribution in [0.5, 0.6) is 0 Å². The quantitative estimate of drug-likeness (QED) is 0.648. The van der Waals surface area contributed by atoms with E-state index in [4.69, 9.17) is 11.6 Å². The number of carbonyl (C=O) groups is 1. The zero-order valence-electron chi connectivity index (χ0n) is 13.7. The lowest BCUT2D eigenvalue weighted by atomic mass is 10.1. The number of rotatable bonds is 7. The number of amides is 1. The molecule has 0 saturated carbocycles. The summed E-state index contributed by atoms with van der Waals surface area (Å²) in [7, 11) is -3.61. The third-order valence-corrected chi connectivity index (χ3v) is 6.51. The molecule has 0 spiro atoms. The highest BCUT2D eigenvalue weighted by molar-refractivity contribution is 7.91. The third-order valence-electron chi connectivity index (χ3n) is 3.86. The predicted octanol–water partition coefficient (Wildman–Crippen LogP) is 2.87. The van der Waals surface area contributed by atoms with E-state index in [2.05, 4.69) is 14.1 Å². The molecule has 2 aromatic carbocycles. The maximum Gasteiger partial charge on any atom is 0.221 e. The van der Waals surface area contributed by atoms with Gasteiger partial charge in [0.05, 0.1) is 22.4 Å². The molecule has 6 nitrogen and oxygen atoms in total. The van der Waals surface area contributed by atoms with Gasteiger partial charge in [0.25, 0.3) is 0 Å². The molecule has 0 fully saturated rings. The molecule has 1 aromatic heterocycles. The van der Waals surface area contributed by atoms with Crippen molar-refractivity contribution in [1.29, 1.82) is 0 Å². The van der Waals surface area contributed by atoms with E-state index in [9.17, 15) is 13.2 Å². The first-order valence-electron chi connectivity index (χ1n) is 7.91. The number of carbonyl (C=O) groups excluding carboxylic acids is 1. The van der Waals surface area contributed by atoms with E-state index in [0.717, 1.165) is 17.3 Å². The number of halogens is 1. The van der Waals surface area contributed by atoms with Gasteiger partial charge in [0.15, 0.2) is 9.84 Å². The van der Waals surface area contributed by atoms with Crippen molar-refractivity contribution < 1.29 is 13.2 Å². The molecule has 0 aliphatic carbocycles. The minimum atomic E-state index is -3.61. The smallest absolute Gasteiger partial charge is 0.221 e. The van der Waals surface area contributed by atoms with Crippen LogP contribution in [0.25, 0.3) is 11.0 Å². The van der Waals surface area contributed by atoms with E-state index in [1.165, 1.54) is 6.07 Å². The van der Waals surface area contributed by atoms with Gasteiger partial charge in [-0.1, -0.05) is 35.9 Å². The lowest BCUT2D eigenvalue weighted by molar-refractivity contribution is -0.120. The highest BCUT2D eigenvalue weighted by Crippen LogP contribution is 2.22. The molecule has 3 aromatic rings. The summed E-state index contributed by atoms with van der Waals surface area (Å²) in [5, 5.41) is 3.37. The molecular weight excluding hydrogens is 394 g/mol. The Morgan fingerprint density at radius 2 is 1.92 bits per heavy atom. The summed E-state index contributed by atoms with van der Waals surface area (Å²) in [6.45, 7) is 0.397. The second-order valence-electron chi connectivity index (χ2n) is 5.65. The number of nitrogens with one attached hydrogen (secondary N) is 1. The molecular formula is C17H16ClN3O3S2. The molecule has 0 saturated heterocycles. The Kier molecular flexibility index (Phi) is 5.85. The standard InChI is InChI=1S/C17H16ClN3O3S2/c18-13-5-2-1-4-12(13)8-10-19-16(22)9-11-26(23,24)15-7-3-6-14-17(15)21-25-20-14/h1-7H,8-11H2,(H,19,22). The number of aromatic nitrogens is 2. The Bertz CT molecular complexity index is 1030. The zero-order valence-corrected chi connectivity index (χ0v) is 16.1. The summed E-state index contributed by atoms with van der Waals surface area (Å²) in [6.07, 6.45) is 0.473. The highest BCUT2D eigenvalue weighted by Gasteiger charge is 2.20. The summed E-state index contributed by atoms with van der Waals surface area (Å²) in [4.78, 5) is 12.1. The number of fused-ring (bicyclic) bond motifs is 1. The first-order valence-corrected chi connectivity index (χ1v) is 10.7. The number of hydrogen-bond donors (Lipinski definition) is 1. The van der Waals surface area contributed by atoms with Gasteiger partial charge < -0.3 is 5.32 Å². The van der Waals surface area contributed by atoms with Crippen molar-refractivity contribution in [2.24, 2.45) is 0 Å². The van der Waals surface area contributed by atoms with Crippen molar-refractivity contribution in [3.05, 3.63) is 53.1 Å². The first kappa shape index (κ1) is 18.8. The van der Waals surface area contributed by atoms with Crippen molar-refractivity contribution >= 4 is 50.1 Å². The molecule has 136 valence electrons. The van der Waals surface area contributed by atoms with Crippen LogP contribution < -0.4 is 5.32 Å². The molecule has 0 bridgehead atoms. The molecule has 0 atom stereocenters. The fourth-order valence-corrected chi connectivity index (χ4v) is 4.74. The van der Waals surface area contributed by atoms with Crippen LogP contribution >= 0.6 is 23.3 Å². The fourth-order valence-electron chi connectivity index (χ4n) is 2.50. The summed E-state index contributed by atoms with van der Waals surface area (Å²) >= 11 is 7.03. The van der Waals surface area contributed by atoms with E-state index in [1.54, 1.807) is 18.2 Å². The molecule has 0 unspecified atom stereocenters. The van der Waals surface area contributed by atoms with Gasteiger partial charge in [-0.05, 0) is 30.2 Å². The molecule has 0 aliphatic heterocycles. The van der Waals surface area contributed by atoms with Gasteiger partial charge in [0, 0.05) is 18.0 Å². The van der Waals surface area contributed by atoms with Gasteiger partial charge in [0.1, 0.15) is 11.0 Å². The fraction of sp³-hybridized carbons (Fsp3) is 0.235. The average Bonchev–Trinajstić information content (AvgIpc) is 3.10. The van der Waals surface area contributed by atoms with Crippen molar-refractivity contribution in [1.82, 2.24) is 14.1 Å². The lowest BCUT2D eigenvalue weighted by Gasteiger charge is -2.07. The molecule has 0 aliphatic rings. The van der Waals surface area contributed by atoms with E-state index < -0.39 is 9.84 Å². The largest absolute Gasteiger partial charge is 0.356 e. The monoisotopic (exact) mass is 409 g/mol. The van der Waals surface area contributed by atoms with Crippen LogP contribution in [0.4, 0.5) is 0 Å². The summed E-state index contributed by atoms with van der Waals surface area (Å²) in [5.41, 5.74) is 1.83. The van der Waals surface area contributed by atoms with Crippen LogP contribution in [-0.2, 0) is 21.1 Å². The van der Waals surface area contributed by atoms with E-state index in [0.29, 0.717) is 29.0 Å². The minimum absolute atomic E-state index is 0.112. The second kappa shape index (κ2) is 8.11. The second-order valence-corrected chi connectivity index (χ2v) is 8.66. The SMILES string of the molecule is O=C(CCS(=O)(=O)c1cccc2nsnc12)NCCc1ccccc1Cl. The number of nitrogens with zero attached hydrogens (tertiary/aromatic N) is 2. The van der Waals surface area contributed by atoms with Gasteiger partial charge >= 0.3 is 0 Å². The molecule has 1 N–H and O–H groups in total. The zero-order chi connectivity index (χ0) is 18.6. The molecule has 1 amide bonds. The Balaban J connectivity index is 1.55. The molecule has 26 heavy (non-hydrogen) atoms. The summed E-state index contributed by atoms with van der Waals surface area (Å²) < 4.78 is 33.1. The van der Waals surface area contributed by atoms with Crippen LogP contribution in [0, 0.1) is 0 Å². The average molecular weight is 410 g/mol. The van der Waals surface area contributed by atoms with E-state index in [-0.39, 0.29) is 23.0 Å². The Labute approximate surface area is 160 Å². The van der Waals surface area contributed by atoms with Gasteiger partial charge in [-0.25, -0.2) is 8.42 Å². The lowest BCUT2D eigenvalue weighted by Crippen LogP contribution is -2.27. The van der Waals surface area contributed by atoms with Crippen LogP contribution in [0.1, 0.15) is 12.0 Å². The van der Waals surface area contributed by atoms with Crippen molar-refractivity contribution in [2.45, 2.75) is 17.7 Å². The Morgan fingerprint density at radius 1 is 1.12 bits per heavy atom. The van der Waals surface area contributed by atoms with Crippen molar-refractivity contribution in [2.75, 3.05) is 12.3 Å². The molecule has 9 heteroatoms. The number of sulfone groups is 1. The maximum atomic E-state index is 12.5. The van der Waals surface area contributed by atoms with E-state index in [1.807, 2.05) is 18.2 Å². The maximum absolute atomic E-state index is 12.5. The molecule has 3 rings (SSSR count). The normalized spacial score (nSPS) is 11.6. The van der Waals surface area contributed by atoms with Gasteiger partial charge in [-0.3, -0.25) is 4.79 Å². The Morgan fingerprint density at radius 3 is 2.73 bits per heavy atom. The van der Waals surface area contributed by atoms with Gasteiger partial charge in [-0.2, -0.15) is 8.75 Å². The predicted molar refractivity (Wildman–Crippen MR) is 102 cm³/mol. The Hall–Kier alpha value is -2.03. The first-order chi connectivity index (χ1) is 12.5. The topological polar surface area (TPSA) is 89.0 Å². The van der Waals surface area contributed by atoms with Crippen molar-refractivity contribution in [3.63, 3.8) is 0 Å². The van der Waals surface area contributed by atoms with Crippen LogP contribution in [-0.4, -0.2) is 35.4 Å². The van der Waals surface area contributed by atoms with Gasteiger partial charge in [0.2, 0.25) is 5.91 Å². The van der Waals surface area contributed by atoms with E-state index >= 15 is 0 Å². The molecule has 1 heterocycles. The van der Waals surface area contributed by atoms with Crippen LogP contribution in [0.3, 0.4) is 0 Å². The van der Waals surface area contributed by atoms with Crippen LogP contribution in [0.2, 0.25) is 5.02 Å². The highest BCUT2D eigenvalue weighted by atomic mass is 35.5. The summed E-state index contributed by atoms with van der Waals surface area (Å²) in [6, 6.07) is 12.2. The summed E-state index contributed by atoms with van der Waals surface area (Å²) in [5.74, 6) is -0.592. The number of benzene rings is 2. The van der Waals surface area contributed by atoms with Gasteiger partial charge in [-0.15, -0.1) is 0 Å². The molecule has 0 radical (unpaired) electrons.